The van der Waals surface area contributed by atoms with Crippen LogP contribution in [0.2, 0.25) is 5.02 Å². The van der Waals surface area contributed by atoms with Gasteiger partial charge in [0, 0.05) is 56.3 Å². The number of aryl methyl sites for hydroxylation is 2. The van der Waals surface area contributed by atoms with Crippen molar-refractivity contribution in [3.8, 4) is 11.5 Å². The van der Waals surface area contributed by atoms with Crippen LogP contribution in [-0.4, -0.2) is 79.8 Å². The number of likely N-dealkylation sites (tertiary alicyclic amines) is 1. The zero-order valence-corrected chi connectivity index (χ0v) is 24.2. The van der Waals surface area contributed by atoms with E-state index in [1.54, 1.807) is 7.11 Å². The van der Waals surface area contributed by atoms with Crippen molar-refractivity contribution in [2.24, 2.45) is 0 Å². The predicted octanol–water partition coefficient (Wildman–Crippen LogP) is 4.13. The van der Waals surface area contributed by atoms with Crippen LogP contribution in [0.4, 0.5) is 0 Å². The number of ether oxygens (including phenoxy) is 3. The van der Waals surface area contributed by atoms with Crippen molar-refractivity contribution in [2.75, 3.05) is 46.5 Å². The zero-order chi connectivity index (χ0) is 28.0. The number of benzene rings is 2. The number of hydrogen-bond donors (Lipinski definition) is 1. The number of nitrogens with zero attached hydrogens (tertiary/aromatic N) is 2. The van der Waals surface area contributed by atoms with E-state index in [-0.39, 0.29) is 30.9 Å². The molecule has 0 spiro atoms. The number of carbonyl (C=O) groups is 2. The van der Waals surface area contributed by atoms with E-state index < -0.39 is 5.60 Å². The maximum atomic E-state index is 13.6. The van der Waals surface area contributed by atoms with E-state index in [1.807, 2.05) is 49.1 Å². The van der Waals surface area contributed by atoms with Crippen LogP contribution in [0.1, 0.15) is 42.9 Å². The second-order valence-electron chi connectivity index (χ2n) is 10.7. The highest BCUT2D eigenvalue weighted by Gasteiger charge is 2.41. The van der Waals surface area contributed by atoms with Crippen molar-refractivity contribution in [3.63, 3.8) is 0 Å². The number of methoxy groups -OCH3 is 1. The fourth-order valence-corrected chi connectivity index (χ4v) is 5.64. The van der Waals surface area contributed by atoms with Gasteiger partial charge in [-0.2, -0.15) is 0 Å². The summed E-state index contributed by atoms with van der Waals surface area (Å²) in [5.41, 5.74) is 2.17. The Hall–Kier alpha value is -2.81. The molecule has 212 valence electrons. The lowest BCUT2D eigenvalue weighted by Gasteiger charge is -2.43. The van der Waals surface area contributed by atoms with Crippen molar-refractivity contribution in [1.29, 1.82) is 0 Å². The van der Waals surface area contributed by atoms with Crippen LogP contribution in [0.25, 0.3) is 0 Å². The van der Waals surface area contributed by atoms with Gasteiger partial charge in [0.15, 0.2) is 0 Å². The smallest absolute Gasteiger partial charge is 0.225 e. The third-order valence-corrected chi connectivity index (χ3v) is 8.15. The highest BCUT2D eigenvalue weighted by Crippen LogP contribution is 2.31. The van der Waals surface area contributed by atoms with Crippen LogP contribution in [0, 0.1) is 13.8 Å². The van der Waals surface area contributed by atoms with Gasteiger partial charge < -0.3 is 24.4 Å². The lowest BCUT2D eigenvalue weighted by atomic mass is 9.95. The molecular weight excluding hydrogens is 518 g/mol. The molecule has 2 fully saturated rings. The van der Waals surface area contributed by atoms with E-state index in [1.165, 1.54) is 6.92 Å². The van der Waals surface area contributed by atoms with E-state index in [2.05, 4.69) is 16.3 Å². The third-order valence-electron chi connectivity index (χ3n) is 7.55. The summed E-state index contributed by atoms with van der Waals surface area (Å²) in [4.78, 5) is 29.2. The normalized spacial score (nSPS) is 20.5. The van der Waals surface area contributed by atoms with Crippen molar-refractivity contribution >= 4 is 23.4 Å². The third kappa shape index (κ3) is 7.65. The fourth-order valence-electron chi connectivity index (χ4n) is 5.53. The summed E-state index contributed by atoms with van der Waals surface area (Å²) in [5.74, 6) is 1.57. The average Bonchev–Trinajstić information content (AvgIpc) is 2.91. The quantitative estimate of drug-likeness (QED) is 0.499. The lowest BCUT2D eigenvalue weighted by Crippen LogP contribution is -2.57. The zero-order valence-electron chi connectivity index (χ0n) is 23.4. The molecule has 0 unspecified atom stereocenters. The minimum Gasteiger partial charge on any atom is -0.496 e. The molecule has 0 saturated carbocycles. The van der Waals surface area contributed by atoms with Crippen LogP contribution in [-0.2, 0) is 20.9 Å². The molecule has 0 aromatic heterocycles. The average molecular weight is 558 g/mol. The Morgan fingerprint density at radius 1 is 1.13 bits per heavy atom. The summed E-state index contributed by atoms with van der Waals surface area (Å²) < 4.78 is 18.3. The summed E-state index contributed by atoms with van der Waals surface area (Å²) >= 11 is 6.37. The van der Waals surface area contributed by atoms with Crippen molar-refractivity contribution in [3.05, 3.63) is 58.1 Å². The maximum Gasteiger partial charge on any atom is 0.225 e. The fraction of sp³-hybridized carbons (Fsp3) is 0.533. The van der Waals surface area contributed by atoms with Gasteiger partial charge in [-0.05, 0) is 56.0 Å². The molecule has 2 aliphatic rings. The van der Waals surface area contributed by atoms with Crippen molar-refractivity contribution < 1.29 is 23.8 Å². The van der Waals surface area contributed by atoms with Gasteiger partial charge in [-0.15, -0.1) is 0 Å². The molecule has 0 aliphatic carbocycles. The van der Waals surface area contributed by atoms with Gasteiger partial charge in [-0.3, -0.25) is 14.5 Å². The largest absolute Gasteiger partial charge is 0.496 e. The first-order valence-corrected chi connectivity index (χ1v) is 14.0. The second kappa shape index (κ2) is 13.0. The van der Waals surface area contributed by atoms with Gasteiger partial charge in [0.1, 0.15) is 23.7 Å². The Bertz CT molecular complexity index is 1140. The van der Waals surface area contributed by atoms with Gasteiger partial charge in [0.05, 0.1) is 20.1 Å². The Labute approximate surface area is 236 Å². The van der Waals surface area contributed by atoms with Crippen LogP contribution in [0.3, 0.4) is 0 Å². The molecule has 2 amide bonds. The molecule has 0 radical (unpaired) electrons. The number of morpholine rings is 1. The summed E-state index contributed by atoms with van der Waals surface area (Å²) in [6, 6.07) is 12.0. The molecule has 2 saturated heterocycles. The number of rotatable bonds is 9. The topological polar surface area (TPSA) is 80.3 Å². The number of hydrogen-bond acceptors (Lipinski definition) is 6. The van der Waals surface area contributed by atoms with Crippen LogP contribution < -0.4 is 14.8 Å². The Kier molecular flexibility index (Phi) is 9.75. The first kappa shape index (κ1) is 29.2. The maximum absolute atomic E-state index is 13.6. The molecule has 2 aliphatic heterocycles. The number of para-hydroxylation sites is 1. The van der Waals surface area contributed by atoms with E-state index >= 15 is 0 Å². The molecule has 2 aromatic rings. The molecule has 39 heavy (non-hydrogen) atoms. The van der Waals surface area contributed by atoms with E-state index in [0.717, 1.165) is 46.8 Å². The number of amides is 2. The molecule has 8 nitrogen and oxygen atoms in total. The van der Waals surface area contributed by atoms with Crippen molar-refractivity contribution in [2.45, 2.75) is 58.2 Å². The van der Waals surface area contributed by atoms with Gasteiger partial charge in [0.2, 0.25) is 11.8 Å². The summed E-state index contributed by atoms with van der Waals surface area (Å²) in [6.45, 7) is 9.38. The minimum absolute atomic E-state index is 0.0331. The number of piperidine rings is 1. The Morgan fingerprint density at radius 2 is 1.82 bits per heavy atom. The van der Waals surface area contributed by atoms with E-state index in [9.17, 15) is 9.59 Å². The Morgan fingerprint density at radius 3 is 2.49 bits per heavy atom. The van der Waals surface area contributed by atoms with Gasteiger partial charge in [-0.1, -0.05) is 29.8 Å². The SMILES string of the molecule is COc1ccccc1CN1CCO[C@](COc2cc(C)c(Cl)c(C)c2)(CC(=O)N2CCC(NC(C)=O)CC2)C1. The first-order valence-electron chi connectivity index (χ1n) is 13.6. The van der Waals surface area contributed by atoms with Crippen molar-refractivity contribution in [1.82, 2.24) is 15.1 Å². The monoisotopic (exact) mass is 557 g/mol. The molecule has 2 aromatic carbocycles. The molecule has 1 atom stereocenters. The molecule has 2 heterocycles. The molecule has 9 heteroatoms. The summed E-state index contributed by atoms with van der Waals surface area (Å²) in [5, 5.41) is 3.70. The van der Waals surface area contributed by atoms with Gasteiger partial charge >= 0.3 is 0 Å². The first-order chi connectivity index (χ1) is 18.7. The standard InChI is InChI=1S/C30H40ClN3O5/c1-21-15-26(16-22(2)29(21)31)38-20-30(17-28(36)34-11-9-25(10-12-34)32-23(3)35)19-33(13-14-39-30)18-24-7-5-6-8-27(24)37-4/h5-8,15-16,25H,9-14,17-20H2,1-4H3,(H,32,35)/t30-/m1/s1. The van der Waals surface area contributed by atoms with Crippen LogP contribution in [0.15, 0.2) is 36.4 Å². The Balaban J connectivity index is 1.50. The lowest BCUT2D eigenvalue weighted by molar-refractivity contribution is -0.157. The molecule has 4 rings (SSSR count). The van der Waals surface area contributed by atoms with E-state index in [0.29, 0.717) is 38.5 Å². The summed E-state index contributed by atoms with van der Waals surface area (Å²) in [6.07, 6.45) is 1.71. The highest BCUT2D eigenvalue weighted by molar-refractivity contribution is 6.32. The van der Waals surface area contributed by atoms with Crippen LogP contribution >= 0.6 is 11.6 Å². The highest BCUT2D eigenvalue weighted by atomic mass is 35.5. The second-order valence-corrected chi connectivity index (χ2v) is 11.1. The summed E-state index contributed by atoms with van der Waals surface area (Å²) in [7, 11) is 1.68. The molecule has 1 N–H and O–H groups in total. The van der Waals surface area contributed by atoms with Gasteiger partial charge in [-0.25, -0.2) is 0 Å². The number of carbonyl (C=O) groups excluding carboxylic acids is 2. The molecular formula is C30H40ClN3O5. The van der Waals surface area contributed by atoms with Gasteiger partial charge in [0.25, 0.3) is 0 Å². The molecule has 0 bridgehead atoms. The van der Waals surface area contributed by atoms with Crippen LogP contribution in [0.5, 0.6) is 11.5 Å². The minimum atomic E-state index is -0.812. The number of nitrogens with one attached hydrogen (secondary N) is 1. The predicted molar refractivity (Wildman–Crippen MR) is 151 cm³/mol. The number of halogens is 1. The van der Waals surface area contributed by atoms with E-state index in [4.69, 9.17) is 25.8 Å².